The molecule has 1 aliphatic heterocycles. The van der Waals surface area contributed by atoms with Crippen LogP contribution in [0.1, 0.15) is 31.7 Å². The molecule has 2 nitrogen and oxygen atoms in total. The fourth-order valence-electron chi connectivity index (χ4n) is 3.91. The lowest BCUT2D eigenvalue weighted by Crippen LogP contribution is -2.55. The molecule has 4 rings (SSSR count). The number of benzene rings is 2. The molecule has 2 aliphatic rings. The molecule has 0 radical (unpaired) electrons. The summed E-state index contributed by atoms with van der Waals surface area (Å²) in [5, 5.41) is 2.70. The summed E-state index contributed by atoms with van der Waals surface area (Å²) >= 11 is 0. The van der Waals surface area contributed by atoms with Crippen LogP contribution in [-0.2, 0) is 6.54 Å². The SMILES string of the molecule is CC1CN(C2CCC2)CCN1Cc1ccc2ccccc2c1. The molecule has 1 heterocycles. The summed E-state index contributed by atoms with van der Waals surface area (Å²) in [6.07, 6.45) is 4.30. The van der Waals surface area contributed by atoms with Crippen LogP contribution in [-0.4, -0.2) is 41.5 Å². The van der Waals surface area contributed by atoms with Crippen molar-refractivity contribution in [1.82, 2.24) is 9.80 Å². The third-order valence-corrected chi connectivity index (χ3v) is 5.59. The molecule has 1 unspecified atom stereocenters. The summed E-state index contributed by atoms with van der Waals surface area (Å²) in [5.41, 5.74) is 1.45. The Morgan fingerprint density at radius 2 is 1.82 bits per heavy atom. The van der Waals surface area contributed by atoms with Crippen LogP contribution in [0.25, 0.3) is 10.8 Å². The largest absolute Gasteiger partial charge is 0.298 e. The van der Waals surface area contributed by atoms with E-state index in [-0.39, 0.29) is 0 Å². The average Bonchev–Trinajstić information content (AvgIpc) is 2.48. The Labute approximate surface area is 133 Å². The Kier molecular flexibility index (Phi) is 3.89. The predicted molar refractivity (Wildman–Crippen MR) is 93.0 cm³/mol. The molecule has 1 saturated heterocycles. The zero-order chi connectivity index (χ0) is 14.9. The van der Waals surface area contributed by atoms with Gasteiger partial charge in [-0.2, -0.15) is 0 Å². The Hall–Kier alpha value is -1.38. The molecule has 2 aromatic rings. The van der Waals surface area contributed by atoms with Crippen LogP contribution in [0, 0.1) is 0 Å². The highest BCUT2D eigenvalue weighted by atomic mass is 15.3. The second-order valence-electron chi connectivity index (χ2n) is 7.08. The first-order valence-corrected chi connectivity index (χ1v) is 8.75. The van der Waals surface area contributed by atoms with Gasteiger partial charge in [0.1, 0.15) is 0 Å². The molecule has 0 spiro atoms. The van der Waals surface area contributed by atoms with Gasteiger partial charge in [-0.3, -0.25) is 9.80 Å². The van der Waals surface area contributed by atoms with Crippen molar-refractivity contribution in [2.24, 2.45) is 0 Å². The van der Waals surface area contributed by atoms with Gasteiger partial charge in [-0.05, 0) is 42.2 Å². The van der Waals surface area contributed by atoms with Crippen LogP contribution in [0.5, 0.6) is 0 Å². The first-order valence-electron chi connectivity index (χ1n) is 8.75. The Balaban J connectivity index is 1.43. The highest BCUT2D eigenvalue weighted by Gasteiger charge is 2.31. The number of hydrogen-bond donors (Lipinski definition) is 0. The highest BCUT2D eigenvalue weighted by molar-refractivity contribution is 5.82. The van der Waals surface area contributed by atoms with Gasteiger partial charge in [0.15, 0.2) is 0 Å². The molecule has 1 saturated carbocycles. The lowest BCUT2D eigenvalue weighted by molar-refractivity contribution is 0.0261. The van der Waals surface area contributed by atoms with Crippen molar-refractivity contribution in [3.05, 3.63) is 48.0 Å². The zero-order valence-corrected chi connectivity index (χ0v) is 13.5. The Morgan fingerprint density at radius 3 is 2.55 bits per heavy atom. The maximum atomic E-state index is 2.73. The first kappa shape index (κ1) is 14.2. The molecule has 22 heavy (non-hydrogen) atoms. The van der Waals surface area contributed by atoms with E-state index in [1.807, 2.05) is 0 Å². The minimum Gasteiger partial charge on any atom is -0.298 e. The number of nitrogens with zero attached hydrogens (tertiary/aromatic N) is 2. The second kappa shape index (κ2) is 6.02. The van der Waals surface area contributed by atoms with Crippen LogP contribution in [0.3, 0.4) is 0 Å². The quantitative estimate of drug-likeness (QED) is 0.847. The monoisotopic (exact) mass is 294 g/mol. The Morgan fingerprint density at radius 1 is 1.00 bits per heavy atom. The van der Waals surface area contributed by atoms with Crippen molar-refractivity contribution in [1.29, 1.82) is 0 Å². The van der Waals surface area contributed by atoms with Crippen LogP contribution in [0.4, 0.5) is 0 Å². The molecule has 0 N–H and O–H groups in total. The molecule has 2 fully saturated rings. The average molecular weight is 294 g/mol. The van der Waals surface area contributed by atoms with Gasteiger partial charge >= 0.3 is 0 Å². The lowest BCUT2D eigenvalue weighted by atomic mass is 9.90. The summed E-state index contributed by atoms with van der Waals surface area (Å²) in [4.78, 5) is 5.38. The predicted octanol–water partition coefficient (Wildman–Crippen LogP) is 3.90. The van der Waals surface area contributed by atoms with Crippen LogP contribution in [0.15, 0.2) is 42.5 Å². The summed E-state index contributed by atoms with van der Waals surface area (Å²) < 4.78 is 0. The topological polar surface area (TPSA) is 6.48 Å². The fraction of sp³-hybridized carbons (Fsp3) is 0.500. The van der Waals surface area contributed by atoms with Crippen LogP contribution in [0.2, 0.25) is 0 Å². The molecule has 0 bridgehead atoms. The van der Waals surface area contributed by atoms with Crippen LogP contribution >= 0.6 is 0 Å². The van der Waals surface area contributed by atoms with E-state index in [4.69, 9.17) is 0 Å². The maximum Gasteiger partial charge on any atom is 0.0237 e. The van der Waals surface area contributed by atoms with E-state index in [0.717, 1.165) is 12.6 Å². The standard InChI is InChI=1S/C20H26N2/c1-16-14-22(20-7-4-8-20)12-11-21(16)15-17-9-10-18-5-2-3-6-19(18)13-17/h2-3,5-6,9-10,13,16,20H,4,7-8,11-12,14-15H2,1H3. The number of hydrogen-bond acceptors (Lipinski definition) is 2. The van der Waals surface area contributed by atoms with Crippen LogP contribution < -0.4 is 0 Å². The molecule has 1 atom stereocenters. The van der Waals surface area contributed by atoms with E-state index in [9.17, 15) is 0 Å². The number of fused-ring (bicyclic) bond motifs is 1. The fourth-order valence-corrected chi connectivity index (χ4v) is 3.91. The summed E-state index contributed by atoms with van der Waals surface area (Å²) in [6.45, 7) is 7.20. The third-order valence-electron chi connectivity index (χ3n) is 5.59. The molecular weight excluding hydrogens is 268 g/mol. The van der Waals surface area contributed by atoms with Gasteiger partial charge in [0.2, 0.25) is 0 Å². The minimum atomic E-state index is 0.667. The molecule has 1 aliphatic carbocycles. The van der Waals surface area contributed by atoms with Gasteiger partial charge in [0.05, 0.1) is 0 Å². The second-order valence-corrected chi connectivity index (χ2v) is 7.08. The Bertz CT molecular complexity index is 647. The van der Waals surface area contributed by atoms with Crippen molar-refractivity contribution in [2.45, 2.75) is 44.8 Å². The summed E-state index contributed by atoms with van der Waals surface area (Å²) in [7, 11) is 0. The zero-order valence-electron chi connectivity index (χ0n) is 13.5. The first-order chi connectivity index (χ1) is 10.8. The maximum absolute atomic E-state index is 2.73. The van der Waals surface area contributed by atoms with Crippen molar-refractivity contribution >= 4 is 10.8 Å². The van der Waals surface area contributed by atoms with Gasteiger partial charge in [0, 0.05) is 38.3 Å². The minimum absolute atomic E-state index is 0.667. The van der Waals surface area contributed by atoms with Gasteiger partial charge in [-0.25, -0.2) is 0 Å². The van der Waals surface area contributed by atoms with Crippen molar-refractivity contribution in [2.75, 3.05) is 19.6 Å². The molecule has 0 aromatic heterocycles. The smallest absolute Gasteiger partial charge is 0.0237 e. The molecular formula is C20H26N2. The van der Waals surface area contributed by atoms with Crippen molar-refractivity contribution in [3.8, 4) is 0 Å². The molecule has 0 amide bonds. The van der Waals surface area contributed by atoms with E-state index in [1.165, 1.54) is 55.2 Å². The molecule has 116 valence electrons. The third kappa shape index (κ3) is 2.78. The van der Waals surface area contributed by atoms with E-state index in [2.05, 4.69) is 59.2 Å². The van der Waals surface area contributed by atoms with Crippen molar-refractivity contribution in [3.63, 3.8) is 0 Å². The molecule has 2 aromatic carbocycles. The van der Waals surface area contributed by atoms with E-state index in [0.29, 0.717) is 6.04 Å². The lowest BCUT2D eigenvalue weighted by Gasteiger charge is -2.46. The summed E-state index contributed by atoms with van der Waals surface area (Å²) in [6, 6.07) is 17.1. The number of rotatable bonds is 3. The van der Waals surface area contributed by atoms with E-state index >= 15 is 0 Å². The van der Waals surface area contributed by atoms with Gasteiger partial charge in [-0.15, -0.1) is 0 Å². The van der Waals surface area contributed by atoms with Gasteiger partial charge in [-0.1, -0.05) is 42.8 Å². The van der Waals surface area contributed by atoms with E-state index in [1.54, 1.807) is 0 Å². The molecule has 2 heteroatoms. The van der Waals surface area contributed by atoms with Crippen molar-refractivity contribution < 1.29 is 0 Å². The number of piperazine rings is 1. The van der Waals surface area contributed by atoms with Gasteiger partial charge < -0.3 is 0 Å². The normalized spacial score (nSPS) is 24.5. The van der Waals surface area contributed by atoms with Gasteiger partial charge in [0.25, 0.3) is 0 Å². The van der Waals surface area contributed by atoms with E-state index < -0.39 is 0 Å². The highest BCUT2D eigenvalue weighted by Crippen LogP contribution is 2.27. The summed E-state index contributed by atoms with van der Waals surface area (Å²) in [5.74, 6) is 0.